The molecule has 0 aromatic heterocycles. The molecular formula is C18H26O4S. The highest BCUT2D eigenvalue weighted by Gasteiger charge is 2.64. The Morgan fingerprint density at radius 1 is 1.13 bits per heavy atom. The normalized spacial score (nSPS) is 27.9. The molecule has 2 atom stereocenters. The van der Waals surface area contributed by atoms with Gasteiger partial charge in [-0.25, -0.2) is 8.42 Å². The molecule has 2 unspecified atom stereocenters. The zero-order chi connectivity index (χ0) is 17.3. The maximum absolute atomic E-state index is 11.9. The lowest BCUT2D eigenvalue weighted by Crippen LogP contribution is -2.40. The summed E-state index contributed by atoms with van der Waals surface area (Å²) in [4.78, 5) is 11.9. The zero-order valence-electron chi connectivity index (χ0n) is 14.3. The fraction of sp³-hybridized carbons (Fsp3) is 0.611. The molecule has 2 aliphatic carbocycles. The summed E-state index contributed by atoms with van der Waals surface area (Å²) in [7, 11) is -2.85. The van der Waals surface area contributed by atoms with E-state index >= 15 is 0 Å². The lowest BCUT2D eigenvalue weighted by molar-refractivity contribution is -0.131. The van der Waals surface area contributed by atoms with Gasteiger partial charge in [-0.1, -0.05) is 49.2 Å². The summed E-state index contributed by atoms with van der Waals surface area (Å²) in [5.41, 5.74) is 1.99. The number of fused-ring (bicyclic) bond motifs is 2. The van der Waals surface area contributed by atoms with Crippen molar-refractivity contribution in [2.24, 2.45) is 16.7 Å². The zero-order valence-corrected chi connectivity index (χ0v) is 15.2. The molecule has 3 rings (SSSR count). The molecule has 2 bridgehead atoms. The highest BCUT2D eigenvalue weighted by molar-refractivity contribution is 7.67. The second-order valence-corrected chi connectivity index (χ2v) is 8.02. The maximum Gasteiger partial charge on any atom is 0.257 e. The monoisotopic (exact) mass is 338 g/mol. The Kier molecular flexibility index (Phi) is 5.31. The van der Waals surface area contributed by atoms with E-state index in [1.807, 2.05) is 0 Å². The van der Waals surface area contributed by atoms with E-state index in [0.29, 0.717) is 12.3 Å². The van der Waals surface area contributed by atoms with Crippen molar-refractivity contribution < 1.29 is 17.4 Å². The molecule has 0 saturated heterocycles. The average molecular weight is 338 g/mol. The summed E-state index contributed by atoms with van der Waals surface area (Å²) >= 11 is 0. The number of hydrogen-bond donors (Lipinski definition) is 1. The molecule has 2 aliphatic rings. The predicted octanol–water partition coefficient (Wildman–Crippen LogP) is 3.23. The van der Waals surface area contributed by atoms with E-state index in [9.17, 15) is 13.2 Å². The number of Topliss-reactive ketones (excluding diaryl/α,β-unsaturated/α-hetero) is 1. The Morgan fingerprint density at radius 3 is 2.00 bits per heavy atom. The van der Waals surface area contributed by atoms with Crippen LogP contribution in [0.25, 0.3) is 0 Å². The van der Waals surface area contributed by atoms with Crippen molar-refractivity contribution in [1.82, 2.24) is 0 Å². The highest BCUT2D eigenvalue weighted by Crippen LogP contribution is 2.63. The minimum absolute atomic E-state index is 0.0358. The number of ketones is 1. The van der Waals surface area contributed by atoms with Crippen LogP contribution >= 0.6 is 0 Å². The molecule has 4 nitrogen and oxygen atoms in total. The van der Waals surface area contributed by atoms with Gasteiger partial charge in [0, 0.05) is 6.42 Å². The summed E-state index contributed by atoms with van der Waals surface area (Å²) in [6.45, 7) is 8.33. The Balaban J connectivity index is 0.000000203. The van der Waals surface area contributed by atoms with Crippen LogP contribution in [0.5, 0.6) is 0 Å². The van der Waals surface area contributed by atoms with E-state index in [4.69, 9.17) is 0 Å². The van der Waals surface area contributed by atoms with Crippen LogP contribution in [-0.4, -0.2) is 20.8 Å². The van der Waals surface area contributed by atoms with E-state index in [-0.39, 0.29) is 17.8 Å². The number of aryl methyl sites for hydroxylation is 2. The number of rotatable bonds is 3. The molecule has 1 aromatic carbocycles. The summed E-state index contributed by atoms with van der Waals surface area (Å²) in [5, 5.41) is 0. The highest BCUT2D eigenvalue weighted by atomic mass is 32.2. The minimum Gasteiger partial charge on any atom is -0.299 e. The molecule has 1 aromatic rings. The molecule has 0 N–H and O–H groups in total. The van der Waals surface area contributed by atoms with Crippen molar-refractivity contribution in [3.63, 3.8) is 0 Å². The third-order valence-corrected chi connectivity index (χ3v) is 6.11. The van der Waals surface area contributed by atoms with Gasteiger partial charge in [0.2, 0.25) is 0 Å². The standard InChI is InChI=1S/C10H16O4S.C8H10/c1-9(2)7-3-4-10(9,8(11)5-7)6-14-15(12)13;1-7-3-5-8(2)6-4-7/h7,15H,3-6H2,1-2H3;3-6H,1-2H3. The first-order valence-electron chi connectivity index (χ1n) is 8.03. The van der Waals surface area contributed by atoms with Crippen LogP contribution in [0.1, 0.15) is 44.2 Å². The van der Waals surface area contributed by atoms with Crippen LogP contribution in [0.2, 0.25) is 0 Å². The van der Waals surface area contributed by atoms with Gasteiger partial charge >= 0.3 is 0 Å². The fourth-order valence-electron chi connectivity index (χ4n) is 3.91. The van der Waals surface area contributed by atoms with Gasteiger partial charge in [0.15, 0.2) is 0 Å². The molecule has 23 heavy (non-hydrogen) atoms. The predicted molar refractivity (Wildman–Crippen MR) is 90.7 cm³/mol. The maximum atomic E-state index is 11.9. The first kappa shape index (κ1) is 18.1. The smallest absolute Gasteiger partial charge is 0.257 e. The second kappa shape index (κ2) is 6.73. The second-order valence-electron chi connectivity index (χ2n) is 7.32. The van der Waals surface area contributed by atoms with Gasteiger partial charge in [0.1, 0.15) is 5.78 Å². The number of carbonyl (C=O) groups excluding carboxylic acids is 1. The molecular weight excluding hydrogens is 312 g/mol. The van der Waals surface area contributed by atoms with Crippen molar-refractivity contribution in [3.05, 3.63) is 35.4 Å². The lowest BCUT2D eigenvalue weighted by atomic mass is 9.69. The summed E-state index contributed by atoms with van der Waals surface area (Å²) in [5.74, 6) is 0.582. The van der Waals surface area contributed by atoms with Crippen LogP contribution in [0.3, 0.4) is 0 Å². The molecule has 2 fully saturated rings. The molecule has 0 spiro atoms. The average Bonchev–Trinajstić information content (AvgIpc) is 2.83. The Bertz CT molecular complexity index is 616. The molecule has 2 saturated carbocycles. The topological polar surface area (TPSA) is 60.4 Å². The van der Waals surface area contributed by atoms with Crippen LogP contribution in [0.4, 0.5) is 0 Å². The van der Waals surface area contributed by atoms with Gasteiger partial charge < -0.3 is 0 Å². The van der Waals surface area contributed by atoms with Crippen LogP contribution in [0, 0.1) is 30.6 Å². The van der Waals surface area contributed by atoms with E-state index in [0.717, 1.165) is 12.8 Å². The van der Waals surface area contributed by atoms with Crippen LogP contribution in [-0.2, 0) is 20.0 Å². The van der Waals surface area contributed by atoms with E-state index in [1.54, 1.807) is 0 Å². The molecule has 0 amide bonds. The molecule has 0 aliphatic heterocycles. The molecule has 0 heterocycles. The van der Waals surface area contributed by atoms with Gasteiger partial charge in [0.25, 0.3) is 11.0 Å². The third kappa shape index (κ3) is 3.50. The third-order valence-electron chi connectivity index (χ3n) is 5.77. The number of hydrogen-bond acceptors (Lipinski definition) is 4. The van der Waals surface area contributed by atoms with Crippen LogP contribution in [0.15, 0.2) is 24.3 Å². The van der Waals surface area contributed by atoms with Gasteiger partial charge in [-0.05, 0) is 38.0 Å². The van der Waals surface area contributed by atoms with Gasteiger partial charge in [-0.15, -0.1) is 0 Å². The van der Waals surface area contributed by atoms with Crippen molar-refractivity contribution in [1.29, 1.82) is 0 Å². The Labute approximate surface area is 140 Å². The fourth-order valence-corrected chi connectivity index (χ4v) is 4.23. The molecule has 0 radical (unpaired) electrons. The van der Waals surface area contributed by atoms with Gasteiger partial charge in [-0.2, -0.15) is 0 Å². The summed E-state index contributed by atoms with van der Waals surface area (Å²) in [6.07, 6.45) is 2.37. The van der Waals surface area contributed by atoms with E-state index in [2.05, 4.69) is 56.1 Å². The summed E-state index contributed by atoms with van der Waals surface area (Å²) in [6, 6.07) is 8.48. The SMILES string of the molecule is CC1(C)C2CCC1(CO[SH](=O)=O)C(=O)C2.Cc1ccc(C)cc1. The quantitative estimate of drug-likeness (QED) is 0.860. The largest absolute Gasteiger partial charge is 0.299 e. The number of benzene rings is 1. The Hall–Kier alpha value is -1.20. The molecule has 128 valence electrons. The van der Waals surface area contributed by atoms with Gasteiger partial charge in [-0.3, -0.25) is 8.98 Å². The van der Waals surface area contributed by atoms with Crippen molar-refractivity contribution in [3.8, 4) is 0 Å². The first-order chi connectivity index (χ1) is 10.7. The first-order valence-corrected chi connectivity index (χ1v) is 9.12. The minimum atomic E-state index is -2.85. The van der Waals surface area contributed by atoms with E-state index in [1.165, 1.54) is 11.1 Å². The summed E-state index contributed by atoms with van der Waals surface area (Å²) < 4.78 is 25.6. The van der Waals surface area contributed by atoms with E-state index < -0.39 is 16.4 Å². The lowest BCUT2D eigenvalue weighted by Gasteiger charge is -2.35. The van der Waals surface area contributed by atoms with Crippen molar-refractivity contribution >= 4 is 16.8 Å². The van der Waals surface area contributed by atoms with Crippen LogP contribution < -0.4 is 0 Å². The van der Waals surface area contributed by atoms with Crippen molar-refractivity contribution in [2.45, 2.75) is 47.0 Å². The molecule has 5 heteroatoms. The van der Waals surface area contributed by atoms with Gasteiger partial charge in [0.05, 0.1) is 12.0 Å². The number of carbonyl (C=O) groups is 1. The number of thiol groups is 1. The van der Waals surface area contributed by atoms with Crippen molar-refractivity contribution in [2.75, 3.05) is 6.61 Å². The Morgan fingerprint density at radius 2 is 1.65 bits per heavy atom.